The van der Waals surface area contributed by atoms with Crippen LogP contribution in [-0.2, 0) is 14.9 Å². The highest BCUT2D eigenvalue weighted by molar-refractivity contribution is 8.00. The average Bonchev–Trinajstić information content (AvgIpc) is 3.37. The fourth-order valence-corrected chi connectivity index (χ4v) is 4.74. The molecule has 1 amide bonds. The Hall–Kier alpha value is -1.86. The van der Waals surface area contributed by atoms with Gasteiger partial charge in [-0.05, 0) is 30.7 Å². The zero-order valence-corrected chi connectivity index (χ0v) is 19.6. The van der Waals surface area contributed by atoms with Crippen molar-refractivity contribution in [3.63, 3.8) is 0 Å². The molecule has 0 unspecified atom stereocenters. The van der Waals surface area contributed by atoms with Crippen LogP contribution in [0.5, 0.6) is 0 Å². The van der Waals surface area contributed by atoms with Crippen LogP contribution < -0.4 is 5.32 Å². The van der Waals surface area contributed by atoms with E-state index in [1.54, 1.807) is 7.11 Å². The van der Waals surface area contributed by atoms with Crippen LogP contribution in [0.1, 0.15) is 65.0 Å². The van der Waals surface area contributed by atoms with Crippen molar-refractivity contribution in [3.05, 3.63) is 29.8 Å². The molecule has 1 atom stereocenters. The number of aromatic nitrogens is 3. The van der Waals surface area contributed by atoms with Gasteiger partial charge < -0.3 is 10.1 Å². The maximum Gasteiger partial charge on any atom is 0.233 e. The zero-order chi connectivity index (χ0) is 21.7. The predicted molar refractivity (Wildman–Crippen MR) is 122 cm³/mol. The number of rotatable bonds is 8. The van der Waals surface area contributed by atoms with Crippen LogP contribution >= 0.6 is 11.8 Å². The molecule has 1 aromatic heterocycles. The lowest BCUT2D eigenvalue weighted by Crippen LogP contribution is -2.33. The van der Waals surface area contributed by atoms with E-state index >= 15 is 0 Å². The number of hydrogen-bond acceptors (Lipinski definition) is 5. The molecule has 1 aromatic carbocycles. The van der Waals surface area contributed by atoms with Gasteiger partial charge in [0.15, 0.2) is 11.0 Å². The van der Waals surface area contributed by atoms with E-state index in [9.17, 15) is 4.79 Å². The van der Waals surface area contributed by atoms with Gasteiger partial charge in [-0.25, -0.2) is 0 Å². The monoisotopic (exact) mass is 430 g/mol. The first-order chi connectivity index (χ1) is 14.3. The molecule has 1 fully saturated rings. The van der Waals surface area contributed by atoms with Crippen molar-refractivity contribution in [1.29, 1.82) is 0 Å². The summed E-state index contributed by atoms with van der Waals surface area (Å²) in [5.41, 5.74) is 2.49. The summed E-state index contributed by atoms with van der Waals surface area (Å²) in [5.74, 6) is 0.894. The number of methoxy groups -OCH3 is 1. The topological polar surface area (TPSA) is 69.0 Å². The summed E-state index contributed by atoms with van der Waals surface area (Å²) in [6.07, 6.45) is 4.71. The predicted octanol–water partition coefficient (Wildman–Crippen LogP) is 4.60. The summed E-state index contributed by atoms with van der Waals surface area (Å²) in [6.45, 7) is 9.60. The number of thioether (sulfide) groups is 1. The van der Waals surface area contributed by atoms with Gasteiger partial charge in [0.25, 0.3) is 0 Å². The maximum absolute atomic E-state index is 12.4. The van der Waals surface area contributed by atoms with Gasteiger partial charge in [0.2, 0.25) is 5.91 Å². The van der Waals surface area contributed by atoms with Crippen molar-refractivity contribution >= 4 is 17.7 Å². The molecular weight excluding hydrogens is 396 g/mol. The third kappa shape index (κ3) is 5.43. The molecule has 6 nitrogen and oxygen atoms in total. The largest absolute Gasteiger partial charge is 0.383 e. The van der Waals surface area contributed by atoms with E-state index in [2.05, 4.69) is 65.1 Å². The summed E-state index contributed by atoms with van der Waals surface area (Å²) in [6, 6.07) is 9.05. The Morgan fingerprint density at radius 3 is 2.50 bits per heavy atom. The molecule has 0 bridgehead atoms. The highest BCUT2D eigenvalue weighted by atomic mass is 32.2. The lowest BCUT2D eigenvalue weighted by molar-refractivity contribution is -0.120. The highest BCUT2D eigenvalue weighted by Crippen LogP contribution is 2.38. The van der Waals surface area contributed by atoms with E-state index in [0.717, 1.165) is 29.4 Å². The number of carbonyl (C=O) groups excluding carboxylic acids is 1. The summed E-state index contributed by atoms with van der Waals surface area (Å²) in [5, 5.41) is 12.5. The van der Waals surface area contributed by atoms with Crippen LogP contribution in [0.15, 0.2) is 29.4 Å². The first-order valence-electron chi connectivity index (χ1n) is 10.8. The van der Waals surface area contributed by atoms with E-state index in [1.807, 2.05) is 6.92 Å². The smallest absolute Gasteiger partial charge is 0.233 e. The molecule has 30 heavy (non-hydrogen) atoms. The second kappa shape index (κ2) is 9.96. The number of nitrogens with one attached hydrogen (secondary N) is 1. The number of nitrogens with zero attached hydrogens (tertiary/aromatic N) is 3. The van der Waals surface area contributed by atoms with E-state index in [-0.39, 0.29) is 16.6 Å². The van der Waals surface area contributed by atoms with E-state index < -0.39 is 0 Å². The molecule has 164 valence electrons. The molecule has 1 heterocycles. The van der Waals surface area contributed by atoms with Gasteiger partial charge in [-0.3, -0.25) is 9.36 Å². The average molecular weight is 431 g/mol. The summed E-state index contributed by atoms with van der Waals surface area (Å²) >= 11 is 1.48. The second-order valence-electron chi connectivity index (χ2n) is 8.99. The van der Waals surface area contributed by atoms with Gasteiger partial charge in [-0.1, -0.05) is 69.6 Å². The summed E-state index contributed by atoms with van der Waals surface area (Å²) in [4.78, 5) is 12.4. The Kier molecular flexibility index (Phi) is 7.58. The van der Waals surface area contributed by atoms with Gasteiger partial charge >= 0.3 is 0 Å². The molecule has 7 heteroatoms. The molecule has 3 rings (SSSR count). The molecule has 0 aliphatic heterocycles. The van der Waals surface area contributed by atoms with E-state index in [4.69, 9.17) is 4.74 Å². The minimum atomic E-state index is -0.248. The lowest BCUT2D eigenvalue weighted by atomic mass is 9.86. The number of benzene rings is 1. The molecule has 0 spiro atoms. The van der Waals surface area contributed by atoms with Crippen molar-refractivity contribution in [2.24, 2.45) is 0 Å². The Bertz CT molecular complexity index is 836. The van der Waals surface area contributed by atoms with Gasteiger partial charge in [0.05, 0.1) is 11.9 Å². The van der Waals surface area contributed by atoms with Crippen molar-refractivity contribution in [2.75, 3.05) is 20.3 Å². The Labute approximate surface area is 184 Å². The first kappa shape index (κ1) is 22.8. The van der Waals surface area contributed by atoms with E-state index in [0.29, 0.717) is 19.2 Å². The number of carbonyl (C=O) groups is 1. The van der Waals surface area contributed by atoms with Crippen LogP contribution in [0.3, 0.4) is 0 Å². The Morgan fingerprint density at radius 1 is 1.23 bits per heavy atom. The van der Waals surface area contributed by atoms with Gasteiger partial charge in [0.1, 0.15) is 0 Å². The fourth-order valence-electron chi connectivity index (χ4n) is 3.80. The van der Waals surface area contributed by atoms with Crippen LogP contribution in [0.2, 0.25) is 0 Å². The van der Waals surface area contributed by atoms with Crippen LogP contribution in [-0.4, -0.2) is 46.2 Å². The van der Waals surface area contributed by atoms with E-state index in [1.165, 1.54) is 30.2 Å². The minimum Gasteiger partial charge on any atom is -0.383 e. The van der Waals surface area contributed by atoms with Gasteiger partial charge in [0, 0.05) is 25.3 Å². The van der Waals surface area contributed by atoms with Crippen molar-refractivity contribution < 1.29 is 9.53 Å². The number of hydrogen-bond donors (Lipinski definition) is 1. The third-order valence-electron chi connectivity index (χ3n) is 5.62. The molecule has 1 saturated carbocycles. The summed E-state index contributed by atoms with van der Waals surface area (Å²) < 4.78 is 7.28. The SMILES string of the molecule is COCCNC(=O)[C@@H](C)Sc1nnc(-c2ccc(C(C)(C)C)cc2)n1C1CCCC1. The van der Waals surface area contributed by atoms with Crippen LogP contribution in [0.25, 0.3) is 11.4 Å². The molecular formula is C23H34N4O2S. The number of amides is 1. The molecule has 1 aliphatic rings. The van der Waals surface area contributed by atoms with Crippen molar-refractivity contribution in [3.8, 4) is 11.4 Å². The quantitative estimate of drug-likeness (QED) is 0.490. The first-order valence-corrected chi connectivity index (χ1v) is 11.7. The third-order valence-corrected chi connectivity index (χ3v) is 6.68. The van der Waals surface area contributed by atoms with Gasteiger partial charge in [-0.15, -0.1) is 10.2 Å². The second-order valence-corrected chi connectivity index (χ2v) is 10.3. The highest BCUT2D eigenvalue weighted by Gasteiger charge is 2.27. The maximum atomic E-state index is 12.4. The molecule has 1 aliphatic carbocycles. The zero-order valence-electron chi connectivity index (χ0n) is 18.8. The lowest BCUT2D eigenvalue weighted by Gasteiger charge is -2.20. The van der Waals surface area contributed by atoms with Crippen LogP contribution in [0.4, 0.5) is 0 Å². The van der Waals surface area contributed by atoms with Crippen molar-refractivity contribution in [2.45, 2.75) is 75.2 Å². The molecule has 2 aromatic rings. The van der Waals surface area contributed by atoms with Crippen molar-refractivity contribution in [1.82, 2.24) is 20.1 Å². The molecule has 0 radical (unpaired) electrons. The fraction of sp³-hybridized carbons (Fsp3) is 0.609. The Balaban J connectivity index is 1.85. The minimum absolute atomic E-state index is 0.00546. The standard InChI is InChI=1S/C23H34N4O2S/c1-16(21(28)24-14-15-29-5)30-22-26-25-20(27(22)19-8-6-7-9-19)17-10-12-18(13-11-17)23(2,3)4/h10-13,16,19H,6-9,14-15H2,1-5H3,(H,24,28)/t16-/m1/s1. The van der Waals surface area contributed by atoms with Crippen LogP contribution in [0, 0.1) is 0 Å². The normalized spacial score (nSPS) is 16.0. The Morgan fingerprint density at radius 2 is 1.90 bits per heavy atom. The van der Waals surface area contributed by atoms with Gasteiger partial charge in [-0.2, -0.15) is 0 Å². The molecule has 1 N–H and O–H groups in total. The molecule has 0 saturated heterocycles. The number of ether oxygens (including phenoxy) is 1. The summed E-state index contributed by atoms with van der Waals surface area (Å²) in [7, 11) is 1.63.